The summed E-state index contributed by atoms with van der Waals surface area (Å²) >= 11 is 6.15. The second kappa shape index (κ2) is 9.29. The van der Waals surface area contributed by atoms with Crippen molar-refractivity contribution < 1.29 is 14.3 Å². The van der Waals surface area contributed by atoms with Crippen LogP contribution >= 0.6 is 11.6 Å². The van der Waals surface area contributed by atoms with Crippen molar-refractivity contribution in [1.82, 2.24) is 9.88 Å². The lowest BCUT2D eigenvalue weighted by atomic mass is 10.1. The van der Waals surface area contributed by atoms with Crippen molar-refractivity contribution in [2.45, 2.75) is 25.6 Å². The van der Waals surface area contributed by atoms with E-state index in [0.717, 1.165) is 22.5 Å². The van der Waals surface area contributed by atoms with E-state index in [4.69, 9.17) is 16.3 Å². The summed E-state index contributed by atoms with van der Waals surface area (Å²) in [7, 11) is 1.36. The van der Waals surface area contributed by atoms with Gasteiger partial charge in [-0.3, -0.25) is 14.7 Å². The Balaban J connectivity index is 1.64. The van der Waals surface area contributed by atoms with Gasteiger partial charge in [0.15, 0.2) is 0 Å². The van der Waals surface area contributed by atoms with Gasteiger partial charge in [0.05, 0.1) is 18.7 Å². The third kappa shape index (κ3) is 4.93. The van der Waals surface area contributed by atoms with Crippen molar-refractivity contribution in [3.8, 4) is 0 Å². The molecule has 1 atom stereocenters. The zero-order valence-corrected chi connectivity index (χ0v) is 17.8. The van der Waals surface area contributed by atoms with Gasteiger partial charge in [0, 0.05) is 42.1 Å². The van der Waals surface area contributed by atoms with Crippen LogP contribution in [0.5, 0.6) is 0 Å². The molecule has 0 spiro atoms. The first-order valence-corrected chi connectivity index (χ1v) is 10.3. The Morgan fingerprint density at radius 2 is 2.00 bits per heavy atom. The van der Waals surface area contributed by atoms with Crippen LogP contribution in [0, 0.1) is 0 Å². The van der Waals surface area contributed by atoms with Gasteiger partial charge in [0.2, 0.25) is 5.91 Å². The number of anilines is 1. The van der Waals surface area contributed by atoms with Crippen LogP contribution in [0.25, 0.3) is 0 Å². The van der Waals surface area contributed by atoms with Crippen molar-refractivity contribution in [1.29, 1.82) is 0 Å². The molecule has 158 valence electrons. The first kappa shape index (κ1) is 21.0. The average molecular weight is 436 g/mol. The molecule has 6 nitrogen and oxygen atoms in total. The number of esters is 1. The zero-order chi connectivity index (χ0) is 21.8. The standard InChI is InChI=1S/C24H22ClN3O3/c1-31-24(30)17-7-5-16(6-8-17)14-28-15-18-9-10-19(25)12-21(18)27-23(29)22(28)13-20-4-2-3-11-26-20/h2-12,22H,13-15H2,1H3,(H,27,29)/t22-/m1/s1. The van der Waals surface area contributed by atoms with E-state index in [9.17, 15) is 9.59 Å². The van der Waals surface area contributed by atoms with Crippen LogP contribution in [-0.2, 0) is 29.0 Å². The van der Waals surface area contributed by atoms with E-state index in [2.05, 4.69) is 15.2 Å². The van der Waals surface area contributed by atoms with Gasteiger partial charge < -0.3 is 10.1 Å². The molecule has 4 rings (SSSR count). The van der Waals surface area contributed by atoms with Crippen LogP contribution in [0.4, 0.5) is 5.69 Å². The number of rotatable bonds is 5. The lowest BCUT2D eigenvalue weighted by Crippen LogP contribution is -2.43. The fourth-order valence-corrected chi connectivity index (χ4v) is 3.89. The van der Waals surface area contributed by atoms with Crippen LogP contribution in [0.2, 0.25) is 5.02 Å². The van der Waals surface area contributed by atoms with Gasteiger partial charge >= 0.3 is 5.97 Å². The SMILES string of the molecule is COC(=O)c1ccc(CN2Cc3ccc(Cl)cc3NC(=O)[C@H]2Cc2ccccn2)cc1. The molecule has 3 aromatic rings. The fraction of sp³-hybridized carbons (Fsp3) is 0.208. The summed E-state index contributed by atoms with van der Waals surface area (Å²) < 4.78 is 4.77. The number of benzene rings is 2. The number of methoxy groups -OCH3 is 1. The van der Waals surface area contributed by atoms with E-state index in [1.165, 1.54) is 7.11 Å². The molecule has 0 unspecified atom stereocenters. The second-order valence-electron chi connectivity index (χ2n) is 7.43. The van der Waals surface area contributed by atoms with Crippen molar-refractivity contribution in [3.05, 3.63) is 94.3 Å². The average Bonchev–Trinajstić information content (AvgIpc) is 2.90. The van der Waals surface area contributed by atoms with Gasteiger partial charge in [-0.15, -0.1) is 0 Å². The number of carbonyl (C=O) groups is 2. The van der Waals surface area contributed by atoms with Crippen molar-refractivity contribution in [3.63, 3.8) is 0 Å². The molecule has 2 heterocycles. The number of aromatic nitrogens is 1. The molecule has 0 aliphatic carbocycles. The summed E-state index contributed by atoms with van der Waals surface area (Å²) in [6.07, 6.45) is 2.21. The monoisotopic (exact) mass is 435 g/mol. The summed E-state index contributed by atoms with van der Waals surface area (Å²) in [6, 6.07) is 18.1. The minimum Gasteiger partial charge on any atom is -0.465 e. The van der Waals surface area contributed by atoms with Crippen LogP contribution in [0.3, 0.4) is 0 Å². The number of ether oxygens (including phenoxy) is 1. The van der Waals surface area contributed by atoms with Gasteiger partial charge in [-0.1, -0.05) is 35.9 Å². The van der Waals surface area contributed by atoms with Crippen molar-refractivity contribution >= 4 is 29.2 Å². The quantitative estimate of drug-likeness (QED) is 0.611. The largest absolute Gasteiger partial charge is 0.465 e. The molecule has 1 N–H and O–H groups in total. The number of carbonyl (C=O) groups excluding carboxylic acids is 2. The van der Waals surface area contributed by atoms with E-state index in [1.807, 2.05) is 42.5 Å². The molecule has 2 aromatic carbocycles. The molecular weight excluding hydrogens is 414 g/mol. The summed E-state index contributed by atoms with van der Waals surface area (Å²) in [6.45, 7) is 1.11. The smallest absolute Gasteiger partial charge is 0.337 e. The first-order valence-electron chi connectivity index (χ1n) is 9.94. The molecule has 1 aliphatic heterocycles. The third-order valence-corrected chi connectivity index (χ3v) is 5.57. The topological polar surface area (TPSA) is 71.5 Å². The lowest BCUT2D eigenvalue weighted by Gasteiger charge is -2.28. The summed E-state index contributed by atoms with van der Waals surface area (Å²) in [5.41, 5.74) is 4.05. The molecule has 0 saturated heterocycles. The molecule has 0 bridgehead atoms. The molecule has 0 radical (unpaired) electrons. The number of hydrogen-bond donors (Lipinski definition) is 1. The van der Waals surface area contributed by atoms with Crippen LogP contribution < -0.4 is 5.32 Å². The Morgan fingerprint density at radius 3 is 2.71 bits per heavy atom. The molecule has 0 saturated carbocycles. The number of amides is 1. The number of nitrogens with zero attached hydrogens (tertiary/aromatic N) is 2. The van der Waals surface area contributed by atoms with Crippen LogP contribution in [0.15, 0.2) is 66.9 Å². The predicted molar refractivity (Wildman–Crippen MR) is 119 cm³/mol. The molecule has 1 aliphatic rings. The molecule has 7 heteroatoms. The highest BCUT2D eigenvalue weighted by Gasteiger charge is 2.31. The fourth-order valence-electron chi connectivity index (χ4n) is 3.72. The Labute approximate surface area is 185 Å². The Bertz CT molecular complexity index is 1090. The summed E-state index contributed by atoms with van der Waals surface area (Å²) in [5.74, 6) is -0.475. The Morgan fingerprint density at radius 1 is 1.19 bits per heavy atom. The van der Waals surface area contributed by atoms with E-state index in [1.54, 1.807) is 24.4 Å². The number of halogens is 1. The van der Waals surface area contributed by atoms with Crippen LogP contribution in [-0.4, -0.2) is 34.9 Å². The number of hydrogen-bond acceptors (Lipinski definition) is 5. The number of pyridine rings is 1. The maximum Gasteiger partial charge on any atom is 0.337 e. The molecule has 1 amide bonds. The maximum atomic E-state index is 13.2. The normalized spacial score (nSPS) is 16.2. The second-order valence-corrected chi connectivity index (χ2v) is 7.86. The lowest BCUT2D eigenvalue weighted by molar-refractivity contribution is -0.121. The van der Waals surface area contributed by atoms with Crippen LogP contribution in [0.1, 0.15) is 27.2 Å². The molecule has 0 fully saturated rings. The summed E-state index contributed by atoms with van der Waals surface area (Å²) in [4.78, 5) is 31.4. The Hall–Kier alpha value is -3.22. The van der Waals surface area contributed by atoms with Gasteiger partial charge in [0.1, 0.15) is 0 Å². The zero-order valence-electron chi connectivity index (χ0n) is 17.0. The molecule has 1 aromatic heterocycles. The highest BCUT2D eigenvalue weighted by molar-refractivity contribution is 6.31. The van der Waals surface area contributed by atoms with E-state index in [0.29, 0.717) is 30.1 Å². The van der Waals surface area contributed by atoms with Crippen molar-refractivity contribution in [2.75, 3.05) is 12.4 Å². The highest BCUT2D eigenvalue weighted by Crippen LogP contribution is 2.28. The minimum absolute atomic E-state index is 0.0992. The first-order chi connectivity index (χ1) is 15.0. The van der Waals surface area contributed by atoms with Gasteiger partial charge in [0.25, 0.3) is 0 Å². The van der Waals surface area contributed by atoms with E-state index < -0.39 is 6.04 Å². The van der Waals surface area contributed by atoms with E-state index >= 15 is 0 Å². The van der Waals surface area contributed by atoms with Gasteiger partial charge in [-0.2, -0.15) is 0 Å². The minimum atomic E-state index is -0.415. The molecular formula is C24H22ClN3O3. The maximum absolute atomic E-state index is 13.2. The van der Waals surface area contributed by atoms with Crippen molar-refractivity contribution in [2.24, 2.45) is 0 Å². The highest BCUT2D eigenvalue weighted by atomic mass is 35.5. The Kier molecular flexibility index (Phi) is 6.30. The third-order valence-electron chi connectivity index (χ3n) is 5.34. The number of fused-ring (bicyclic) bond motifs is 1. The predicted octanol–water partition coefficient (Wildman–Crippen LogP) is 4.09. The molecule has 31 heavy (non-hydrogen) atoms. The van der Waals surface area contributed by atoms with E-state index in [-0.39, 0.29) is 11.9 Å². The van der Waals surface area contributed by atoms with Gasteiger partial charge in [-0.25, -0.2) is 4.79 Å². The summed E-state index contributed by atoms with van der Waals surface area (Å²) in [5, 5.41) is 3.60. The number of nitrogens with one attached hydrogen (secondary N) is 1. The van der Waals surface area contributed by atoms with Gasteiger partial charge in [-0.05, 0) is 47.5 Å².